The van der Waals surface area contributed by atoms with Crippen LogP contribution in [-0.2, 0) is 4.79 Å². The summed E-state index contributed by atoms with van der Waals surface area (Å²) in [7, 11) is 1.96. The number of carbonyl (C=O) groups excluding carboxylic acids is 1. The van der Waals surface area contributed by atoms with Crippen molar-refractivity contribution >= 4 is 17.7 Å². The van der Waals surface area contributed by atoms with E-state index in [0.717, 1.165) is 31.7 Å². The molecule has 0 aromatic rings. The number of nitrogens with zero attached hydrogens (tertiary/aromatic N) is 1. The van der Waals surface area contributed by atoms with Crippen LogP contribution >= 0.6 is 11.8 Å². The summed E-state index contributed by atoms with van der Waals surface area (Å²) in [5, 5.41) is 3.31. The molecule has 0 aromatic heterocycles. The third-order valence-electron chi connectivity index (χ3n) is 3.31. The SMILES string of the molecule is CCCCSC(C)C(=O)N1CCCC1CNC. The van der Waals surface area contributed by atoms with Gasteiger partial charge in [-0.3, -0.25) is 4.79 Å². The van der Waals surface area contributed by atoms with E-state index in [-0.39, 0.29) is 5.25 Å². The van der Waals surface area contributed by atoms with Gasteiger partial charge in [-0.15, -0.1) is 11.8 Å². The molecular weight excluding hydrogens is 232 g/mol. The van der Waals surface area contributed by atoms with Gasteiger partial charge in [0.25, 0.3) is 0 Å². The van der Waals surface area contributed by atoms with Crippen LogP contribution in [-0.4, -0.2) is 48.0 Å². The Hall–Kier alpha value is -0.220. The highest BCUT2D eigenvalue weighted by molar-refractivity contribution is 8.00. The molecule has 4 heteroatoms. The summed E-state index contributed by atoms with van der Waals surface area (Å²) in [5.41, 5.74) is 0. The molecule has 1 heterocycles. The van der Waals surface area contributed by atoms with Crippen molar-refractivity contribution < 1.29 is 4.79 Å². The normalized spacial score (nSPS) is 21.8. The zero-order chi connectivity index (χ0) is 12.7. The monoisotopic (exact) mass is 258 g/mol. The smallest absolute Gasteiger partial charge is 0.235 e. The third kappa shape index (κ3) is 4.51. The second-order valence-electron chi connectivity index (χ2n) is 4.75. The summed E-state index contributed by atoms with van der Waals surface area (Å²) in [4.78, 5) is 14.4. The van der Waals surface area contributed by atoms with Crippen LogP contribution in [0.3, 0.4) is 0 Å². The molecule has 1 aliphatic rings. The van der Waals surface area contributed by atoms with Crippen LogP contribution < -0.4 is 5.32 Å². The summed E-state index contributed by atoms with van der Waals surface area (Å²) in [6, 6.07) is 0.418. The summed E-state index contributed by atoms with van der Waals surface area (Å²) in [6.45, 7) is 6.12. The molecule has 0 aromatic carbocycles. The number of carbonyl (C=O) groups is 1. The summed E-state index contributed by atoms with van der Waals surface area (Å²) < 4.78 is 0. The fourth-order valence-corrected chi connectivity index (χ4v) is 3.37. The van der Waals surface area contributed by atoms with Crippen LogP contribution in [0.15, 0.2) is 0 Å². The van der Waals surface area contributed by atoms with Gasteiger partial charge in [-0.1, -0.05) is 13.3 Å². The number of hydrogen-bond acceptors (Lipinski definition) is 3. The molecule has 100 valence electrons. The third-order valence-corrected chi connectivity index (χ3v) is 4.54. The molecule has 1 N–H and O–H groups in total. The molecule has 1 fully saturated rings. The molecule has 3 nitrogen and oxygen atoms in total. The quantitative estimate of drug-likeness (QED) is 0.710. The molecule has 2 atom stereocenters. The van der Waals surface area contributed by atoms with Crippen LogP contribution in [0.4, 0.5) is 0 Å². The van der Waals surface area contributed by atoms with E-state index in [2.05, 4.69) is 24.1 Å². The lowest BCUT2D eigenvalue weighted by Crippen LogP contribution is -2.44. The van der Waals surface area contributed by atoms with Gasteiger partial charge in [0.2, 0.25) is 5.91 Å². The van der Waals surface area contributed by atoms with Crippen molar-refractivity contribution in [3.05, 3.63) is 0 Å². The van der Waals surface area contributed by atoms with Crippen molar-refractivity contribution in [1.29, 1.82) is 0 Å². The molecule has 1 aliphatic heterocycles. The number of likely N-dealkylation sites (N-methyl/N-ethyl adjacent to an activating group) is 1. The molecule has 1 amide bonds. The molecule has 1 rings (SSSR count). The number of amides is 1. The average molecular weight is 258 g/mol. The number of thioether (sulfide) groups is 1. The lowest BCUT2D eigenvalue weighted by Gasteiger charge is -2.27. The molecule has 17 heavy (non-hydrogen) atoms. The Kier molecular flexibility index (Phi) is 6.97. The Bertz CT molecular complexity index is 235. The first kappa shape index (κ1) is 14.8. The van der Waals surface area contributed by atoms with E-state index in [1.165, 1.54) is 12.8 Å². The summed E-state index contributed by atoms with van der Waals surface area (Å²) in [5.74, 6) is 1.44. The summed E-state index contributed by atoms with van der Waals surface area (Å²) >= 11 is 1.80. The van der Waals surface area contributed by atoms with E-state index in [1.807, 2.05) is 7.05 Å². The van der Waals surface area contributed by atoms with E-state index in [4.69, 9.17) is 0 Å². The second kappa shape index (κ2) is 7.98. The van der Waals surface area contributed by atoms with Gasteiger partial charge in [-0.2, -0.15) is 0 Å². The van der Waals surface area contributed by atoms with Gasteiger partial charge < -0.3 is 10.2 Å². The van der Waals surface area contributed by atoms with Gasteiger partial charge in [0, 0.05) is 19.1 Å². The Morgan fingerprint density at radius 2 is 2.35 bits per heavy atom. The van der Waals surface area contributed by atoms with Crippen molar-refractivity contribution in [3.8, 4) is 0 Å². The number of hydrogen-bond donors (Lipinski definition) is 1. The first-order valence-corrected chi connectivity index (χ1v) is 7.82. The van der Waals surface area contributed by atoms with E-state index >= 15 is 0 Å². The van der Waals surface area contributed by atoms with Crippen molar-refractivity contribution in [2.75, 3.05) is 25.9 Å². The lowest BCUT2D eigenvalue weighted by atomic mass is 10.2. The number of unbranched alkanes of at least 4 members (excludes halogenated alkanes) is 1. The zero-order valence-electron chi connectivity index (χ0n) is 11.4. The highest BCUT2D eigenvalue weighted by atomic mass is 32.2. The van der Waals surface area contributed by atoms with Gasteiger partial charge in [0.05, 0.1) is 5.25 Å². The first-order chi connectivity index (χ1) is 8.20. The van der Waals surface area contributed by atoms with E-state index in [9.17, 15) is 4.79 Å². The number of nitrogens with one attached hydrogen (secondary N) is 1. The fourth-order valence-electron chi connectivity index (χ4n) is 2.28. The molecular formula is C13H26N2OS. The van der Waals surface area contributed by atoms with Crippen LogP contribution in [0, 0.1) is 0 Å². The molecule has 2 unspecified atom stereocenters. The maximum atomic E-state index is 12.3. The zero-order valence-corrected chi connectivity index (χ0v) is 12.2. The molecule has 0 saturated carbocycles. The predicted octanol–water partition coefficient (Wildman–Crippen LogP) is 2.12. The highest BCUT2D eigenvalue weighted by Gasteiger charge is 2.30. The Labute approximate surface area is 110 Å². The van der Waals surface area contributed by atoms with Crippen LogP contribution in [0.5, 0.6) is 0 Å². The van der Waals surface area contributed by atoms with Crippen molar-refractivity contribution in [2.24, 2.45) is 0 Å². The topological polar surface area (TPSA) is 32.3 Å². The fraction of sp³-hybridized carbons (Fsp3) is 0.923. The van der Waals surface area contributed by atoms with Crippen LogP contribution in [0.1, 0.15) is 39.5 Å². The van der Waals surface area contributed by atoms with Gasteiger partial charge in [-0.05, 0) is 39.0 Å². The van der Waals surface area contributed by atoms with Gasteiger partial charge >= 0.3 is 0 Å². The van der Waals surface area contributed by atoms with E-state index in [1.54, 1.807) is 11.8 Å². The maximum absolute atomic E-state index is 12.3. The minimum absolute atomic E-state index is 0.124. The Morgan fingerprint density at radius 1 is 1.59 bits per heavy atom. The van der Waals surface area contributed by atoms with Crippen LogP contribution in [0.25, 0.3) is 0 Å². The maximum Gasteiger partial charge on any atom is 0.235 e. The Morgan fingerprint density at radius 3 is 3.00 bits per heavy atom. The largest absolute Gasteiger partial charge is 0.337 e. The summed E-state index contributed by atoms with van der Waals surface area (Å²) in [6.07, 6.45) is 4.73. The van der Waals surface area contributed by atoms with Gasteiger partial charge in [-0.25, -0.2) is 0 Å². The lowest BCUT2D eigenvalue weighted by molar-refractivity contribution is -0.131. The van der Waals surface area contributed by atoms with Crippen LogP contribution in [0.2, 0.25) is 0 Å². The number of rotatable bonds is 7. The molecule has 0 radical (unpaired) electrons. The van der Waals surface area contributed by atoms with Crippen molar-refractivity contribution in [1.82, 2.24) is 10.2 Å². The number of likely N-dealkylation sites (tertiary alicyclic amines) is 1. The first-order valence-electron chi connectivity index (χ1n) is 6.77. The molecule has 0 spiro atoms. The standard InChI is InChI=1S/C13H26N2OS/c1-4-5-9-17-11(2)13(16)15-8-6-7-12(15)10-14-3/h11-12,14H,4-10H2,1-3H3. The average Bonchev–Trinajstić information content (AvgIpc) is 2.77. The Balaban J connectivity index is 2.39. The molecule has 1 saturated heterocycles. The minimum atomic E-state index is 0.124. The van der Waals surface area contributed by atoms with Gasteiger partial charge in [0.15, 0.2) is 0 Å². The van der Waals surface area contributed by atoms with Crippen molar-refractivity contribution in [3.63, 3.8) is 0 Å². The highest BCUT2D eigenvalue weighted by Crippen LogP contribution is 2.22. The molecule has 0 bridgehead atoms. The predicted molar refractivity (Wildman–Crippen MR) is 75.5 cm³/mol. The molecule has 0 aliphatic carbocycles. The van der Waals surface area contributed by atoms with Gasteiger partial charge in [0.1, 0.15) is 0 Å². The second-order valence-corrected chi connectivity index (χ2v) is 6.20. The van der Waals surface area contributed by atoms with Crippen molar-refractivity contribution in [2.45, 2.75) is 50.8 Å². The van der Waals surface area contributed by atoms with E-state index in [0.29, 0.717) is 11.9 Å². The van der Waals surface area contributed by atoms with E-state index < -0.39 is 0 Å². The minimum Gasteiger partial charge on any atom is -0.337 e.